The van der Waals surface area contributed by atoms with Crippen molar-refractivity contribution in [2.24, 2.45) is 5.73 Å². The molecule has 7 heteroatoms. The zero-order valence-corrected chi connectivity index (χ0v) is 12.2. The average molecular weight is 322 g/mol. The molecule has 2 rings (SSSR count). The predicted molar refractivity (Wildman–Crippen MR) is 83.5 cm³/mol. The molecule has 0 bridgehead atoms. The summed E-state index contributed by atoms with van der Waals surface area (Å²) in [6.07, 6.45) is 0. The van der Waals surface area contributed by atoms with Crippen LogP contribution >= 0.6 is 11.6 Å². The Hall–Kier alpha value is -2.60. The number of hydrogen-bond donors (Lipinski definition) is 3. The van der Waals surface area contributed by atoms with Crippen molar-refractivity contribution in [1.29, 1.82) is 0 Å². The molecular weight excluding hydrogens is 309 g/mol. The summed E-state index contributed by atoms with van der Waals surface area (Å²) in [5.41, 5.74) is 6.15. The first kappa shape index (κ1) is 15.8. The fourth-order valence-electron chi connectivity index (χ4n) is 1.72. The minimum Gasteiger partial charge on any atom is -0.376 e. The third kappa shape index (κ3) is 4.20. The number of anilines is 2. The number of primary amides is 1. The lowest BCUT2D eigenvalue weighted by atomic mass is 10.2. The van der Waals surface area contributed by atoms with Crippen molar-refractivity contribution in [3.63, 3.8) is 0 Å². The lowest BCUT2D eigenvalue weighted by Gasteiger charge is -2.09. The molecule has 2 aromatic carbocycles. The van der Waals surface area contributed by atoms with Gasteiger partial charge in [0.15, 0.2) is 0 Å². The van der Waals surface area contributed by atoms with Crippen molar-refractivity contribution in [2.75, 3.05) is 17.2 Å². The van der Waals surface area contributed by atoms with Crippen molar-refractivity contribution in [3.05, 3.63) is 58.9 Å². The Morgan fingerprint density at radius 2 is 1.82 bits per heavy atom. The molecule has 0 fully saturated rings. The van der Waals surface area contributed by atoms with Crippen LogP contribution in [0.1, 0.15) is 10.4 Å². The fraction of sp³-hybridized carbons (Fsp3) is 0.0667. The fourth-order valence-corrected chi connectivity index (χ4v) is 1.89. The first-order valence-corrected chi connectivity index (χ1v) is 6.72. The van der Waals surface area contributed by atoms with Crippen molar-refractivity contribution in [3.8, 4) is 0 Å². The number of amides is 2. The number of carbonyl (C=O) groups is 2. The van der Waals surface area contributed by atoms with Crippen LogP contribution in [-0.4, -0.2) is 18.4 Å². The molecule has 114 valence electrons. The monoisotopic (exact) mass is 321 g/mol. The molecule has 22 heavy (non-hydrogen) atoms. The highest BCUT2D eigenvalue weighted by molar-refractivity contribution is 6.30. The highest BCUT2D eigenvalue weighted by Gasteiger charge is 2.08. The maximum atomic E-state index is 13.5. The zero-order chi connectivity index (χ0) is 16.1. The number of nitrogens with one attached hydrogen (secondary N) is 2. The van der Waals surface area contributed by atoms with Crippen LogP contribution in [0.15, 0.2) is 42.5 Å². The van der Waals surface area contributed by atoms with Gasteiger partial charge in [0.25, 0.3) is 0 Å². The Morgan fingerprint density at radius 1 is 1.14 bits per heavy atom. The quantitative estimate of drug-likeness (QED) is 0.791. The number of carbonyl (C=O) groups excluding carboxylic acids is 2. The Bertz CT molecular complexity index is 704. The molecule has 0 saturated carbocycles. The van der Waals surface area contributed by atoms with Crippen LogP contribution in [0.25, 0.3) is 0 Å². The van der Waals surface area contributed by atoms with Gasteiger partial charge in [0.05, 0.1) is 12.2 Å². The van der Waals surface area contributed by atoms with Gasteiger partial charge in [-0.1, -0.05) is 11.6 Å². The second-order valence-electron chi connectivity index (χ2n) is 4.47. The van der Waals surface area contributed by atoms with E-state index in [4.69, 9.17) is 17.3 Å². The van der Waals surface area contributed by atoms with E-state index in [0.29, 0.717) is 16.3 Å². The molecule has 0 aliphatic heterocycles. The van der Waals surface area contributed by atoms with Gasteiger partial charge >= 0.3 is 0 Å². The van der Waals surface area contributed by atoms with Gasteiger partial charge in [0, 0.05) is 16.3 Å². The average Bonchev–Trinajstić information content (AvgIpc) is 2.49. The van der Waals surface area contributed by atoms with Gasteiger partial charge in [-0.15, -0.1) is 0 Å². The van der Waals surface area contributed by atoms with Crippen molar-refractivity contribution < 1.29 is 14.0 Å². The van der Waals surface area contributed by atoms with E-state index in [-0.39, 0.29) is 12.2 Å². The maximum absolute atomic E-state index is 13.5. The van der Waals surface area contributed by atoms with Crippen LogP contribution < -0.4 is 16.4 Å². The van der Waals surface area contributed by atoms with Crippen LogP contribution in [0.5, 0.6) is 0 Å². The van der Waals surface area contributed by atoms with E-state index < -0.39 is 17.6 Å². The zero-order valence-electron chi connectivity index (χ0n) is 11.4. The summed E-state index contributed by atoms with van der Waals surface area (Å²) in [6.45, 7) is -0.0676. The molecule has 0 spiro atoms. The van der Waals surface area contributed by atoms with Gasteiger partial charge in [-0.05, 0) is 42.5 Å². The molecule has 2 amide bonds. The van der Waals surface area contributed by atoms with Gasteiger partial charge in [-0.2, -0.15) is 0 Å². The van der Waals surface area contributed by atoms with Gasteiger partial charge in [-0.3, -0.25) is 9.59 Å². The van der Waals surface area contributed by atoms with Gasteiger partial charge in [-0.25, -0.2) is 4.39 Å². The van der Waals surface area contributed by atoms with Crippen LogP contribution in [0.4, 0.5) is 15.8 Å². The van der Waals surface area contributed by atoms with Crippen LogP contribution in [0, 0.1) is 5.82 Å². The number of benzene rings is 2. The molecule has 0 aromatic heterocycles. The number of rotatable bonds is 5. The highest BCUT2D eigenvalue weighted by atomic mass is 35.5. The molecular formula is C15H13ClFN3O2. The molecule has 0 heterocycles. The van der Waals surface area contributed by atoms with Gasteiger partial charge in [0.1, 0.15) is 5.82 Å². The summed E-state index contributed by atoms with van der Waals surface area (Å²) < 4.78 is 13.5. The largest absolute Gasteiger partial charge is 0.376 e. The van der Waals surface area contributed by atoms with E-state index in [2.05, 4.69) is 10.6 Å². The summed E-state index contributed by atoms with van der Waals surface area (Å²) in [7, 11) is 0. The third-order valence-electron chi connectivity index (χ3n) is 2.82. The van der Waals surface area contributed by atoms with Crippen molar-refractivity contribution in [2.45, 2.75) is 0 Å². The lowest BCUT2D eigenvalue weighted by Crippen LogP contribution is -2.22. The van der Waals surface area contributed by atoms with E-state index in [0.717, 1.165) is 0 Å². The topological polar surface area (TPSA) is 84.2 Å². The van der Waals surface area contributed by atoms with Crippen molar-refractivity contribution >= 4 is 34.8 Å². The van der Waals surface area contributed by atoms with E-state index >= 15 is 0 Å². The molecule has 2 aromatic rings. The smallest absolute Gasteiger partial charge is 0.248 e. The Morgan fingerprint density at radius 3 is 2.45 bits per heavy atom. The molecule has 0 saturated heterocycles. The minimum absolute atomic E-state index is 0.0170. The minimum atomic E-state index is -0.566. The summed E-state index contributed by atoms with van der Waals surface area (Å²) >= 11 is 5.74. The Kier molecular flexibility index (Phi) is 4.95. The summed E-state index contributed by atoms with van der Waals surface area (Å²) in [6, 6.07) is 10.2. The SMILES string of the molecule is NC(=O)c1ccc(NCC(=O)Nc2cc(Cl)ccc2F)cc1. The summed E-state index contributed by atoms with van der Waals surface area (Å²) in [4.78, 5) is 22.7. The predicted octanol–water partition coefficient (Wildman–Crippen LogP) is 2.63. The molecule has 5 nitrogen and oxygen atoms in total. The molecule has 0 aliphatic rings. The number of hydrogen-bond acceptors (Lipinski definition) is 3. The summed E-state index contributed by atoms with van der Waals surface area (Å²) in [5.74, 6) is -1.52. The lowest BCUT2D eigenvalue weighted by molar-refractivity contribution is -0.114. The molecule has 0 atom stereocenters. The Labute approximate surface area is 131 Å². The van der Waals surface area contributed by atoms with Gasteiger partial charge in [0.2, 0.25) is 11.8 Å². The molecule has 0 unspecified atom stereocenters. The van der Waals surface area contributed by atoms with E-state index in [1.165, 1.54) is 18.2 Å². The van der Waals surface area contributed by atoms with Crippen LogP contribution in [0.3, 0.4) is 0 Å². The molecule has 4 N–H and O–H groups in total. The summed E-state index contributed by atoms with van der Waals surface area (Å²) in [5, 5.41) is 5.59. The molecule has 0 radical (unpaired) electrons. The standard InChI is InChI=1S/C15H13ClFN3O2/c16-10-3-6-12(17)13(7-10)20-14(21)8-19-11-4-1-9(2-5-11)15(18)22/h1-7,19H,8H2,(H2,18,22)(H,20,21). The second kappa shape index (κ2) is 6.91. The van der Waals surface area contributed by atoms with E-state index in [1.807, 2.05) is 0 Å². The first-order chi connectivity index (χ1) is 10.5. The third-order valence-corrected chi connectivity index (χ3v) is 3.06. The van der Waals surface area contributed by atoms with Crippen LogP contribution in [-0.2, 0) is 4.79 Å². The first-order valence-electron chi connectivity index (χ1n) is 6.34. The van der Waals surface area contributed by atoms with Gasteiger partial charge < -0.3 is 16.4 Å². The van der Waals surface area contributed by atoms with E-state index in [9.17, 15) is 14.0 Å². The van der Waals surface area contributed by atoms with E-state index in [1.54, 1.807) is 24.3 Å². The van der Waals surface area contributed by atoms with Crippen LogP contribution in [0.2, 0.25) is 5.02 Å². The second-order valence-corrected chi connectivity index (χ2v) is 4.90. The number of halogens is 2. The number of nitrogens with two attached hydrogens (primary N) is 1. The van der Waals surface area contributed by atoms with Crippen molar-refractivity contribution in [1.82, 2.24) is 0 Å². The highest BCUT2D eigenvalue weighted by Crippen LogP contribution is 2.19. The maximum Gasteiger partial charge on any atom is 0.248 e. The molecule has 0 aliphatic carbocycles. The normalized spacial score (nSPS) is 10.1. The Balaban J connectivity index is 1.92.